The first kappa shape index (κ1) is 16.0. The average molecular weight is 311 g/mol. The highest BCUT2D eigenvalue weighted by Gasteiger charge is 2.44. The highest BCUT2D eigenvalue weighted by atomic mass is 32.2. The van der Waals surface area contributed by atoms with Gasteiger partial charge in [-0.25, -0.2) is 12.7 Å². The van der Waals surface area contributed by atoms with Crippen molar-refractivity contribution in [1.29, 1.82) is 0 Å². The Morgan fingerprint density at radius 3 is 2.33 bits per heavy atom. The lowest BCUT2D eigenvalue weighted by Gasteiger charge is -2.20. The van der Waals surface area contributed by atoms with E-state index >= 15 is 0 Å². The maximum Gasteiger partial charge on any atom is 0.310 e. The van der Waals surface area contributed by atoms with Crippen molar-refractivity contribution in [2.24, 2.45) is 5.41 Å². The van der Waals surface area contributed by atoms with E-state index in [1.807, 2.05) is 31.2 Å². The van der Waals surface area contributed by atoms with Crippen molar-refractivity contribution in [1.82, 2.24) is 4.31 Å². The number of aliphatic carboxylic acids is 1. The molecular formula is C15H21NO4S. The first-order valence-electron chi connectivity index (χ1n) is 7.06. The Hall–Kier alpha value is -1.40. The molecule has 0 aromatic heterocycles. The number of benzene rings is 1. The Morgan fingerprint density at radius 1 is 1.29 bits per heavy atom. The van der Waals surface area contributed by atoms with Crippen molar-refractivity contribution in [3.63, 3.8) is 0 Å². The predicted octanol–water partition coefficient (Wildman–Crippen LogP) is 1.88. The van der Waals surface area contributed by atoms with Gasteiger partial charge in [0.05, 0.1) is 11.2 Å². The van der Waals surface area contributed by atoms with Crippen LogP contribution in [0.2, 0.25) is 0 Å². The second-order valence-electron chi connectivity index (χ2n) is 5.88. The zero-order valence-electron chi connectivity index (χ0n) is 12.4. The van der Waals surface area contributed by atoms with Gasteiger partial charge < -0.3 is 5.11 Å². The van der Waals surface area contributed by atoms with Crippen LogP contribution in [-0.2, 0) is 27.0 Å². The van der Waals surface area contributed by atoms with Gasteiger partial charge in [-0.3, -0.25) is 4.79 Å². The smallest absolute Gasteiger partial charge is 0.310 e. The molecule has 0 amide bonds. The maximum absolute atomic E-state index is 12.4. The standard InChI is InChI=1S/C15H21NO4S/c1-3-12-4-6-13(7-5-12)10-21(19,20)16-9-8-15(2,11-16)14(17)18/h4-7H,3,8-11H2,1-2H3,(H,17,18). The lowest BCUT2D eigenvalue weighted by Crippen LogP contribution is -2.35. The molecule has 1 aromatic rings. The number of hydrogen-bond acceptors (Lipinski definition) is 3. The second-order valence-corrected chi connectivity index (χ2v) is 7.84. The van der Waals surface area contributed by atoms with Gasteiger partial charge in [-0.15, -0.1) is 0 Å². The molecular weight excluding hydrogens is 290 g/mol. The number of aryl methyl sites for hydroxylation is 1. The van der Waals surface area contributed by atoms with E-state index in [4.69, 9.17) is 0 Å². The fourth-order valence-corrected chi connectivity index (χ4v) is 4.15. The lowest BCUT2D eigenvalue weighted by molar-refractivity contribution is -0.146. The summed E-state index contributed by atoms with van der Waals surface area (Å²) in [5.74, 6) is -1.01. The third-order valence-corrected chi connectivity index (χ3v) is 5.92. The Balaban J connectivity index is 2.10. The topological polar surface area (TPSA) is 74.7 Å². The number of nitrogens with zero attached hydrogens (tertiary/aromatic N) is 1. The van der Waals surface area contributed by atoms with Crippen LogP contribution in [0.15, 0.2) is 24.3 Å². The van der Waals surface area contributed by atoms with Crippen molar-refractivity contribution in [2.45, 2.75) is 32.4 Å². The van der Waals surface area contributed by atoms with Crippen LogP contribution in [0, 0.1) is 5.41 Å². The number of carboxylic acid groups (broad SMARTS) is 1. The maximum atomic E-state index is 12.4. The molecule has 1 unspecified atom stereocenters. The molecule has 6 heteroatoms. The van der Waals surface area contributed by atoms with Crippen LogP contribution in [0.4, 0.5) is 0 Å². The van der Waals surface area contributed by atoms with Gasteiger partial charge in [0.25, 0.3) is 0 Å². The van der Waals surface area contributed by atoms with Crippen LogP contribution in [0.5, 0.6) is 0 Å². The van der Waals surface area contributed by atoms with Gasteiger partial charge >= 0.3 is 5.97 Å². The van der Waals surface area contributed by atoms with Crippen molar-refractivity contribution >= 4 is 16.0 Å². The quantitative estimate of drug-likeness (QED) is 0.901. The van der Waals surface area contributed by atoms with Crippen LogP contribution < -0.4 is 0 Å². The van der Waals surface area contributed by atoms with Crippen molar-refractivity contribution < 1.29 is 18.3 Å². The molecule has 5 nitrogen and oxygen atoms in total. The van der Waals surface area contributed by atoms with Crippen LogP contribution >= 0.6 is 0 Å². The van der Waals surface area contributed by atoms with Gasteiger partial charge in [0.1, 0.15) is 0 Å². The molecule has 0 radical (unpaired) electrons. The average Bonchev–Trinajstić information content (AvgIpc) is 2.84. The number of hydrogen-bond donors (Lipinski definition) is 1. The minimum Gasteiger partial charge on any atom is -0.481 e. The third kappa shape index (κ3) is 3.44. The van der Waals surface area contributed by atoms with Crippen LogP contribution in [0.3, 0.4) is 0 Å². The first-order valence-corrected chi connectivity index (χ1v) is 8.67. The SMILES string of the molecule is CCc1ccc(CS(=O)(=O)N2CCC(C)(C(=O)O)C2)cc1. The Labute approximate surface area is 125 Å². The summed E-state index contributed by atoms with van der Waals surface area (Å²) in [4.78, 5) is 11.2. The molecule has 0 saturated carbocycles. The largest absolute Gasteiger partial charge is 0.481 e. The van der Waals surface area contributed by atoms with Gasteiger partial charge in [0, 0.05) is 13.1 Å². The van der Waals surface area contributed by atoms with Crippen LogP contribution in [-0.4, -0.2) is 36.9 Å². The summed E-state index contributed by atoms with van der Waals surface area (Å²) in [5, 5.41) is 9.18. The molecule has 0 aliphatic carbocycles. The molecule has 1 aromatic carbocycles. The molecule has 1 aliphatic rings. The molecule has 1 saturated heterocycles. The highest BCUT2D eigenvalue weighted by molar-refractivity contribution is 7.88. The molecule has 0 bridgehead atoms. The molecule has 1 atom stereocenters. The summed E-state index contributed by atoms with van der Waals surface area (Å²) in [6, 6.07) is 7.50. The van der Waals surface area contributed by atoms with E-state index in [0.29, 0.717) is 6.42 Å². The minimum atomic E-state index is -3.47. The summed E-state index contributed by atoms with van der Waals surface area (Å²) in [5.41, 5.74) is 0.922. The molecule has 2 rings (SSSR count). The fraction of sp³-hybridized carbons (Fsp3) is 0.533. The monoisotopic (exact) mass is 311 g/mol. The van der Waals surface area contributed by atoms with Crippen molar-refractivity contribution in [3.8, 4) is 0 Å². The number of carboxylic acids is 1. The van der Waals surface area contributed by atoms with Gasteiger partial charge in [-0.2, -0.15) is 0 Å². The summed E-state index contributed by atoms with van der Waals surface area (Å²) in [6.07, 6.45) is 1.27. The van der Waals surface area contributed by atoms with Crippen LogP contribution in [0.1, 0.15) is 31.4 Å². The Morgan fingerprint density at radius 2 is 1.86 bits per heavy atom. The number of sulfonamides is 1. The minimum absolute atomic E-state index is 0.0533. The lowest BCUT2D eigenvalue weighted by atomic mass is 9.90. The number of rotatable bonds is 5. The highest BCUT2D eigenvalue weighted by Crippen LogP contribution is 2.32. The molecule has 1 heterocycles. The van der Waals surface area contributed by atoms with Crippen molar-refractivity contribution in [2.75, 3.05) is 13.1 Å². The predicted molar refractivity (Wildman–Crippen MR) is 80.4 cm³/mol. The van der Waals surface area contributed by atoms with Crippen molar-refractivity contribution in [3.05, 3.63) is 35.4 Å². The van der Waals surface area contributed by atoms with Gasteiger partial charge in [0.15, 0.2) is 0 Å². The van der Waals surface area contributed by atoms with Gasteiger partial charge in [-0.1, -0.05) is 31.2 Å². The van der Waals surface area contributed by atoms with E-state index in [2.05, 4.69) is 0 Å². The van der Waals surface area contributed by atoms with E-state index in [-0.39, 0.29) is 18.8 Å². The molecule has 1 N–H and O–H groups in total. The van der Waals surface area contributed by atoms with Crippen LogP contribution in [0.25, 0.3) is 0 Å². The van der Waals surface area contributed by atoms with E-state index in [0.717, 1.165) is 17.5 Å². The molecule has 1 fully saturated rings. The molecule has 21 heavy (non-hydrogen) atoms. The summed E-state index contributed by atoms with van der Waals surface area (Å²) in [7, 11) is -3.47. The normalized spacial score (nSPS) is 23.3. The number of carbonyl (C=O) groups is 1. The zero-order chi connectivity index (χ0) is 15.7. The summed E-state index contributed by atoms with van der Waals surface area (Å²) < 4.78 is 26.1. The molecule has 116 valence electrons. The van der Waals surface area contributed by atoms with E-state index in [1.54, 1.807) is 6.92 Å². The third-order valence-electron chi connectivity index (χ3n) is 4.13. The molecule has 0 spiro atoms. The van der Waals surface area contributed by atoms with Gasteiger partial charge in [-0.05, 0) is 30.9 Å². The Bertz CT molecular complexity index is 624. The zero-order valence-corrected chi connectivity index (χ0v) is 13.2. The van der Waals surface area contributed by atoms with E-state index in [1.165, 1.54) is 4.31 Å². The van der Waals surface area contributed by atoms with Gasteiger partial charge in [0.2, 0.25) is 10.0 Å². The first-order chi connectivity index (χ1) is 9.77. The Kier molecular flexibility index (Phi) is 4.39. The fourth-order valence-electron chi connectivity index (χ4n) is 2.50. The second kappa shape index (κ2) is 5.77. The van der Waals surface area contributed by atoms with E-state index in [9.17, 15) is 18.3 Å². The molecule has 1 aliphatic heterocycles. The summed E-state index contributed by atoms with van der Waals surface area (Å²) in [6.45, 7) is 3.97. The summed E-state index contributed by atoms with van der Waals surface area (Å²) >= 11 is 0. The van der Waals surface area contributed by atoms with E-state index < -0.39 is 21.4 Å².